The number of aromatic nitrogens is 2. The topological polar surface area (TPSA) is 114 Å². The van der Waals surface area contributed by atoms with Crippen LogP contribution in [0, 0.1) is 0 Å². The lowest BCUT2D eigenvalue weighted by Gasteiger charge is -2.34. The Balaban J connectivity index is 1.21. The zero-order chi connectivity index (χ0) is 22.8. The van der Waals surface area contributed by atoms with E-state index in [2.05, 4.69) is 20.2 Å². The summed E-state index contributed by atoms with van der Waals surface area (Å²) in [4.78, 5) is 34.8. The highest BCUT2D eigenvalue weighted by Crippen LogP contribution is 2.27. The van der Waals surface area contributed by atoms with Crippen molar-refractivity contribution in [3.8, 4) is 11.3 Å². The van der Waals surface area contributed by atoms with E-state index in [1.54, 1.807) is 24.7 Å². The summed E-state index contributed by atoms with van der Waals surface area (Å²) < 4.78 is 5.45. The normalized spacial score (nSPS) is 14.4. The molecule has 3 aromatic heterocycles. The van der Waals surface area contributed by atoms with Crippen LogP contribution in [0.5, 0.6) is 0 Å². The number of nitrogens with two attached hydrogens (primary N) is 1. The molecule has 8 nitrogen and oxygen atoms in total. The third-order valence-corrected chi connectivity index (χ3v) is 5.99. The third-order valence-electron chi connectivity index (χ3n) is 5.99. The Morgan fingerprint density at radius 3 is 2.52 bits per heavy atom. The van der Waals surface area contributed by atoms with Crippen LogP contribution < -0.4 is 16.0 Å². The number of primary amides is 1. The Labute approximate surface area is 190 Å². The number of anilines is 1. The molecule has 4 heterocycles. The second kappa shape index (κ2) is 8.74. The summed E-state index contributed by atoms with van der Waals surface area (Å²) >= 11 is 0. The maximum atomic E-state index is 12.8. The molecule has 8 heteroatoms. The van der Waals surface area contributed by atoms with Crippen molar-refractivity contribution in [2.75, 3.05) is 18.0 Å². The molecule has 33 heavy (non-hydrogen) atoms. The molecule has 2 amide bonds. The van der Waals surface area contributed by atoms with Gasteiger partial charge in [-0.1, -0.05) is 12.1 Å². The number of piperidine rings is 1. The van der Waals surface area contributed by atoms with Crippen LogP contribution >= 0.6 is 0 Å². The van der Waals surface area contributed by atoms with Crippen LogP contribution in [0.15, 0.2) is 71.6 Å². The number of rotatable bonds is 5. The van der Waals surface area contributed by atoms with Gasteiger partial charge in [0.05, 0.1) is 12.0 Å². The van der Waals surface area contributed by atoms with Crippen LogP contribution in [0.3, 0.4) is 0 Å². The van der Waals surface area contributed by atoms with Crippen molar-refractivity contribution in [1.82, 2.24) is 15.3 Å². The van der Waals surface area contributed by atoms with Gasteiger partial charge in [0.15, 0.2) is 0 Å². The minimum absolute atomic E-state index is 0.0885. The average Bonchev–Trinajstić information content (AvgIpc) is 3.34. The first kappa shape index (κ1) is 20.7. The van der Waals surface area contributed by atoms with E-state index in [0.717, 1.165) is 53.8 Å². The molecule has 1 saturated heterocycles. The molecule has 1 aromatic carbocycles. The zero-order valence-corrected chi connectivity index (χ0v) is 17.9. The third kappa shape index (κ3) is 4.27. The Morgan fingerprint density at radius 2 is 1.76 bits per heavy atom. The molecule has 166 valence electrons. The lowest BCUT2D eigenvalue weighted by molar-refractivity contribution is 0.0930. The van der Waals surface area contributed by atoms with Gasteiger partial charge in [-0.2, -0.15) is 0 Å². The highest BCUT2D eigenvalue weighted by molar-refractivity contribution is 5.96. The SMILES string of the molecule is NC(=O)c1cc(N2CCC(NC(=O)c3ccc(-c4nccc5occc45)cc3)CC2)ccn1. The molecule has 0 aliphatic carbocycles. The fourth-order valence-corrected chi connectivity index (χ4v) is 4.21. The van der Waals surface area contributed by atoms with Crippen molar-refractivity contribution in [2.45, 2.75) is 18.9 Å². The van der Waals surface area contributed by atoms with E-state index < -0.39 is 5.91 Å². The maximum Gasteiger partial charge on any atom is 0.267 e. The van der Waals surface area contributed by atoms with Gasteiger partial charge in [-0.3, -0.25) is 19.6 Å². The van der Waals surface area contributed by atoms with E-state index >= 15 is 0 Å². The number of benzene rings is 1. The number of furan rings is 1. The highest BCUT2D eigenvalue weighted by atomic mass is 16.3. The monoisotopic (exact) mass is 441 g/mol. The molecule has 5 rings (SSSR count). The lowest BCUT2D eigenvalue weighted by atomic mass is 10.0. The van der Waals surface area contributed by atoms with Crippen molar-refractivity contribution in [2.24, 2.45) is 5.73 Å². The molecule has 0 saturated carbocycles. The molecule has 0 radical (unpaired) electrons. The molecule has 0 spiro atoms. The molecule has 4 aromatic rings. The molecule has 1 aliphatic rings. The quantitative estimate of drug-likeness (QED) is 0.491. The first-order chi connectivity index (χ1) is 16.1. The van der Waals surface area contributed by atoms with E-state index in [-0.39, 0.29) is 17.6 Å². The van der Waals surface area contributed by atoms with Gasteiger partial charge in [0.2, 0.25) is 0 Å². The molecular weight excluding hydrogens is 418 g/mol. The maximum absolute atomic E-state index is 12.8. The van der Waals surface area contributed by atoms with Gasteiger partial charge in [-0.15, -0.1) is 0 Å². The lowest BCUT2D eigenvalue weighted by Crippen LogP contribution is -2.44. The number of nitrogens with zero attached hydrogens (tertiary/aromatic N) is 3. The van der Waals surface area contributed by atoms with E-state index in [1.807, 2.05) is 42.5 Å². The first-order valence-corrected chi connectivity index (χ1v) is 10.8. The van der Waals surface area contributed by atoms with E-state index in [9.17, 15) is 9.59 Å². The van der Waals surface area contributed by atoms with Gasteiger partial charge in [0, 0.05) is 53.7 Å². The van der Waals surface area contributed by atoms with Crippen molar-refractivity contribution in [3.63, 3.8) is 0 Å². The van der Waals surface area contributed by atoms with Gasteiger partial charge >= 0.3 is 0 Å². The van der Waals surface area contributed by atoms with Gasteiger partial charge in [0.25, 0.3) is 11.8 Å². The first-order valence-electron chi connectivity index (χ1n) is 10.8. The summed E-state index contributed by atoms with van der Waals surface area (Å²) in [6.07, 6.45) is 6.58. The number of hydrogen-bond donors (Lipinski definition) is 2. The minimum atomic E-state index is -0.540. The number of carbonyl (C=O) groups excluding carboxylic acids is 2. The standard InChI is InChI=1S/C25H23N5O3/c26-24(31)21-15-19(5-10-27-21)30-12-7-18(8-13-30)29-25(32)17-3-1-16(2-4-17)23-20-9-14-33-22(20)6-11-28-23/h1-6,9-11,14-15,18H,7-8,12-13H2,(H2,26,31)(H,29,32). The van der Waals surface area contributed by atoms with Gasteiger partial charge in [-0.25, -0.2) is 0 Å². The van der Waals surface area contributed by atoms with E-state index in [1.165, 1.54) is 0 Å². The molecule has 1 aliphatic heterocycles. The Morgan fingerprint density at radius 1 is 1.00 bits per heavy atom. The molecule has 1 fully saturated rings. The summed E-state index contributed by atoms with van der Waals surface area (Å²) in [7, 11) is 0. The number of carbonyl (C=O) groups is 2. The summed E-state index contributed by atoms with van der Waals surface area (Å²) in [6, 6.07) is 14.9. The highest BCUT2D eigenvalue weighted by Gasteiger charge is 2.22. The summed E-state index contributed by atoms with van der Waals surface area (Å²) in [5.41, 5.74) is 9.66. The summed E-state index contributed by atoms with van der Waals surface area (Å²) in [5, 5.41) is 4.08. The predicted octanol–water partition coefficient (Wildman–Crippen LogP) is 3.39. The van der Waals surface area contributed by atoms with Crippen LogP contribution in [0.2, 0.25) is 0 Å². The van der Waals surface area contributed by atoms with Crippen LogP contribution in [-0.2, 0) is 0 Å². The Kier molecular flexibility index (Phi) is 5.48. The number of pyridine rings is 2. The fourth-order valence-electron chi connectivity index (χ4n) is 4.21. The fraction of sp³-hybridized carbons (Fsp3) is 0.200. The van der Waals surface area contributed by atoms with Gasteiger partial charge < -0.3 is 20.4 Å². The van der Waals surface area contributed by atoms with Crippen molar-refractivity contribution in [3.05, 3.63) is 78.4 Å². The number of amides is 2. The van der Waals surface area contributed by atoms with Crippen molar-refractivity contribution >= 4 is 28.5 Å². The zero-order valence-electron chi connectivity index (χ0n) is 17.9. The van der Waals surface area contributed by atoms with Crippen molar-refractivity contribution in [1.29, 1.82) is 0 Å². The second-order valence-corrected chi connectivity index (χ2v) is 8.07. The number of hydrogen-bond acceptors (Lipinski definition) is 6. The molecule has 3 N–H and O–H groups in total. The Hall–Kier alpha value is -4.20. The molecule has 0 unspecified atom stereocenters. The minimum Gasteiger partial charge on any atom is -0.464 e. The molecule has 0 bridgehead atoms. The van der Waals surface area contributed by atoms with Crippen LogP contribution in [-0.4, -0.2) is 40.9 Å². The van der Waals surface area contributed by atoms with E-state index in [4.69, 9.17) is 10.2 Å². The molecular formula is C25H23N5O3. The Bertz CT molecular complexity index is 1310. The predicted molar refractivity (Wildman–Crippen MR) is 125 cm³/mol. The smallest absolute Gasteiger partial charge is 0.267 e. The van der Waals surface area contributed by atoms with Gasteiger partial charge in [0.1, 0.15) is 11.3 Å². The van der Waals surface area contributed by atoms with Crippen molar-refractivity contribution < 1.29 is 14.0 Å². The van der Waals surface area contributed by atoms with E-state index in [0.29, 0.717) is 5.56 Å². The van der Waals surface area contributed by atoms with Crippen LogP contribution in [0.4, 0.5) is 5.69 Å². The summed E-state index contributed by atoms with van der Waals surface area (Å²) in [5.74, 6) is -0.628. The molecule has 0 atom stereocenters. The second-order valence-electron chi connectivity index (χ2n) is 8.07. The van der Waals surface area contributed by atoms with Gasteiger partial charge in [-0.05, 0) is 49.2 Å². The average molecular weight is 441 g/mol. The van der Waals surface area contributed by atoms with Crippen LogP contribution in [0.25, 0.3) is 22.2 Å². The largest absolute Gasteiger partial charge is 0.464 e. The summed E-state index contributed by atoms with van der Waals surface area (Å²) in [6.45, 7) is 1.54. The van der Waals surface area contributed by atoms with Crippen LogP contribution in [0.1, 0.15) is 33.7 Å². The number of nitrogens with one attached hydrogen (secondary N) is 1. The number of fused-ring (bicyclic) bond motifs is 1.